The number of aromatic nitrogens is 2. The van der Waals surface area contributed by atoms with Gasteiger partial charge in [-0.1, -0.05) is 43.3 Å². The first-order valence-electron chi connectivity index (χ1n) is 8.13. The number of aromatic amines is 1. The third-order valence-electron chi connectivity index (χ3n) is 4.04. The van der Waals surface area contributed by atoms with Crippen molar-refractivity contribution in [2.24, 2.45) is 5.92 Å². The van der Waals surface area contributed by atoms with Gasteiger partial charge >= 0.3 is 0 Å². The van der Waals surface area contributed by atoms with Crippen molar-refractivity contribution in [3.05, 3.63) is 54.1 Å². The summed E-state index contributed by atoms with van der Waals surface area (Å²) in [6.45, 7) is 3.13. The summed E-state index contributed by atoms with van der Waals surface area (Å²) in [5, 5.41) is 5.97. The molecule has 0 saturated carbocycles. The number of hydrogen-bond donors (Lipinski definition) is 3. The molecule has 0 saturated heterocycles. The molecule has 2 aromatic carbocycles. The quantitative estimate of drug-likeness (QED) is 0.653. The maximum atomic E-state index is 11.9. The summed E-state index contributed by atoms with van der Waals surface area (Å²) < 4.78 is 0. The lowest BCUT2D eigenvalue weighted by molar-refractivity contribution is -0.124. The molecule has 1 aromatic heterocycles. The zero-order valence-electron chi connectivity index (χ0n) is 14.0. The molecule has 5 heteroatoms. The zero-order valence-corrected chi connectivity index (χ0v) is 14.0. The molecule has 24 heavy (non-hydrogen) atoms. The van der Waals surface area contributed by atoms with E-state index in [2.05, 4.69) is 20.6 Å². The highest BCUT2D eigenvalue weighted by Crippen LogP contribution is 2.20. The Bertz CT molecular complexity index is 790. The van der Waals surface area contributed by atoms with Crippen LogP contribution in [0.3, 0.4) is 0 Å². The molecular formula is C19H22N4O. The molecule has 1 heterocycles. The predicted molar refractivity (Wildman–Crippen MR) is 96.5 cm³/mol. The molecule has 0 radical (unpaired) electrons. The number of carbonyl (C=O) groups is 1. The van der Waals surface area contributed by atoms with Crippen molar-refractivity contribution < 1.29 is 4.79 Å². The number of H-pyrrole nitrogens is 1. The van der Waals surface area contributed by atoms with Crippen LogP contribution < -0.4 is 10.6 Å². The maximum absolute atomic E-state index is 11.9. The fraction of sp³-hybridized carbons (Fsp3) is 0.263. The van der Waals surface area contributed by atoms with Gasteiger partial charge in [0, 0.05) is 24.6 Å². The van der Waals surface area contributed by atoms with Crippen LogP contribution in [0, 0.1) is 5.92 Å². The Kier molecular flexibility index (Phi) is 4.91. The number of imidazole rings is 1. The van der Waals surface area contributed by atoms with Crippen molar-refractivity contribution in [2.75, 3.05) is 13.6 Å². The standard InChI is InChI=1S/C19H22N4O/c1-13(11-20-2)19(24)21-12-14-7-9-15(10-8-14)18-22-16-5-3-4-6-17(16)23-18/h3-10,13,20H,11-12H2,1-2H3,(H,21,24)(H,22,23). The van der Waals surface area contributed by atoms with E-state index in [9.17, 15) is 4.79 Å². The van der Waals surface area contributed by atoms with Crippen molar-refractivity contribution in [1.29, 1.82) is 0 Å². The SMILES string of the molecule is CNCC(C)C(=O)NCc1ccc(-c2nc3ccccc3[nH]2)cc1. The van der Waals surface area contributed by atoms with Crippen molar-refractivity contribution in [3.8, 4) is 11.4 Å². The van der Waals surface area contributed by atoms with Crippen LogP contribution >= 0.6 is 0 Å². The van der Waals surface area contributed by atoms with Crippen LogP contribution in [0.2, 0.25) is 0 Å². The van der Waals surface area contributed by atoms with Crippen molar-refractivity contribution >= 4 is 16.9 Å². The molecule has 3 rings (SSSR count). The van der Waals surface area contributed by atoms with Gasteiger partial charge in [-0.15, -0.1) is 0 Å². The molecule has 1 unspecified atom stereocenters. The molecule has 0 aliphatic heterocycles. The minimum Gasteiger partial charge on any atom is -0.352 e. The number of para-hydroxylation sites is 2. The first kappa shape index (κ1) is 16.2. The van der Waals surface area contributed by atoms with E-state index in [4.69, 9.17) is 0 Å². The first-order valence-corrected chi connectivity index (χ1v) is 8.13. The average molecular weight is 322 g/mol. The largest absolute Gasteiger partial charge is 0.352 e. The maximum Gasteiger partial charge on any atom is 0.224 e. The minimum absolute atomic E-state index is 0.0372. The third-order valence-corrected chi connectivity index (χ3v) is 4.04. The summed E-state index contributed by atoms with van der Waals surface area (Å²) in [6, 6.07) is 16.1. The van der Waals surface area contributed by atoms with Crippen LogP contribution in [-0.2, 0) is 11.3 Å². The molecule has 3 N–H and O–H groups in total. The van der Waals surface area contributed by atoms with Crippen LogP contribution in [-0.4, -0.2) is 29.5 Å². The average Bonchev–Trinajstić information content (AvgIpc) is 3.04. The lowest BCUT2D eigenvalue weighted by Gasteiger charge is -2.11. The number of hydrogen-bond acceptors (Lipinski definition) is 3. The van der Waals surface area contributed by atoms with Crippen LogP contribution in [0.25, 0.3) is 22.4 Å². The number of rotatable bonds is 6. The van der Waals surface area contributed by atoms with Gasteiger partial charge in [-0.2, -0.15) is 0 Å². The van der Waals surface area contributed by atoms with Crippen LogP contribution in [0.4, 0.5) is 0 Å². The van der Waals surface area contributed by atoms with Gasteiger partial charge < -0.3 is 15.6 Å². The van der Waals surface area contributed by atoms with Crippen molar-refractivity contribution in [2.45, 2.75) is 13.5 Å². The molecule has 0 spiro atoms. The fourth-order valence-corrected chi connectivity index (χ4v) is 2.63. The first-order chi connectivity index (χ1) is 11.7. The molecule has 3 aromatic rings. The Morgan fingerprint density at radius 3 is 2.62 bits per heavy atom. The molecule has 1 atom stereocenters. The van der Waals surface area contributed by atoms with Crippen LogP contribution in [0.1, 0.15) is 12.5 Å². The van der Waals surface area contributed by atoms with Gasteiger partial charge in [0.05, 0.1) is 11.0 Å². The lowest BCUT2D eigenvalue weighted by atomic mass is 10.1. The van der Waals surface area contributed by atoms with Gasteiger partial charge in [-0.3, -0.25) is 4.79 Å². The highest BCUT2D eigenvalue weighted by Gasteiger charge is 2.11. The van der Waals surface area contributed by atoms with E-state index in [0.29, 0.717) is 13.1 Å². The van der Waals surface area contributed by atoms with E-state index in [1.165, 1.54) is 0 Å². The zero-order chi connectivity index (χ0) is 16.9. The monoisotopic (exact) mass is 322 g/mol. The van der Waals surface area contributed by atoms with Gasteiger partial charge in [0.25, 0.3) is 0 Å². The van der Waals surface area contributed by atoms with Crippen molar-refractivity contribution in [1.82, 2.24) is 20.6 Å². The van der Waals surface area contributed by atoms with Crippen LogP contribution in [0.5, 0.6) is 0 Å². The Morgan fingerprint density at radius 1 is 1.17 bits per heavy atom. The summed E-state index contributed by atoms with van der Waals surface area (Å²) in [6.07, 6.45) is 0. The van der Waals surface area contributed by atoms with E-state index in [0.717, 1.165) is 28.0 Å². The lowest BCUT2D eigenvalue weighted by Crippen LogP contribution is -2.33. The highest BCUT2D eigenvalue weighted by atomic mass is 16.1. The van der Waals surface area contributed by atoms with Crippen LogP contribution in [0.15, 0.2) is 48.5 Å². The molecule has 0 aliphatic rings. The Labute approximate surface area is 141 Å². The van der Waals surface area contributed by atoms with E-state index < -0.39 is 0 Å². The normalized spacial score (nSPS) is 12.2. The molecular weight excluding hydrogens is 300 g/mol. The highest BCUT2D eigenvalue weighted by molar-refractivity contribution is 5.79. The molecule has 0 aliphatic carbocycles. The molecule has 0 fully saturated rings. The predicted octanol–water partition coefficient (Wildman–Crippen LogP) is 2.70. The molecule has 124 valence electrons. The summed E-state index contributed by atoms with van der Waals surface area (Å²) in [7, 11) is 1.85. The number of nitrogens with zero attached hydrogens (tertiary/aromatic N) is 1. The fourth-order valence-electron chi connectivity index (χ4n) is 2.63. The Morgan fingerprint density at radius 2 is 1.92 bits per heavy atom. The summed E-state index contributed by atoms with van der Waals surface area (Å²) >= 11 is 0. The summed E-state index contributed by atoms with van der Waals surface area (Å²) in [5.74, 6) is 0.880. The summed E-state index contributed by atoms with van der Waals surface area (Å²) in [5.41, 5.74) is 4.09. The topological polar surface area (TPSA) is 69.8 Å². The van der Waals surface area contributed by atoms with Gasteiger partial charge in [0.15, 0.2) is 0 Å². The van der Waals surface area contributed by atoms with Gasteiger partial charge in [0.1, 0.15) is 5.82 Å². The second-order valence-corrected chi connectivity index (χ2v) is 5.98. The van der Waals surface area contributed by atoms with Gasteiger partial charge in [-0.25, -0.2) is 4.98 Å². The van der Waals surface area contributed by atoms with Gasteiger partial charge in [0.2, 0.25) is 5.91 Å². The number of amides is 1. The van der Waals surface area contributed by atoms with E-state index in [1.807, 2.05) is 62.5 Å². The van der Waals surface area contributed by atoms with E-state index in [-0.39, 0.29) is 11.8 Å². The van der Waals surface area contributed by atoms with Crippen molar-refractivity contribution in [3.63, 3.8) is 0 Å². The Hall–Kier alpha value is -2.66. The van der Waals surface area contributed by atoms with E-state index in [1.54, 1.807) is 0 Å². The number of carbonyl (C=O) groups excluding carboxylic acids is 1. The summed E-state index contributed by atoms with van der Waals surface area (Å²) in [4.78, 5) is 19.8. The molecule has 0 bridgehead atoms. The number of benzene rings is 2. The number of fused-ring (bicyclic) bond motifs is 1. The second kappa shape index (κ2) is 7.27. The third kappa shape index (κ3) is 3.63. The molecule has 1 amide bonds. The van der Waals surface area contributed by atoms with Gasteiger partial charge in [-0.05, 0) is 24.7 Å². The second-order valence-electron chi connectivity index (χ2n) is 5.98. The van der Waals surface area contributed by atoms with E-state index >= 15 is 0 Å². The molecule has 5 nitrogen and oxygen atoms in total. The number of nitrogens with one attached hydrogen (secondary N) is 3. The Balaban J connectivity index is 1.66. The minimum atomic E-state index is -0.0372. The smallest absolute Gasteiger partial charge is 0.224 e.